The molecule has 2 saturated carbocycles. The Morgan fingerprint density at radius 2 is 0.882 bits per heavy atom. The van der Waals surface area contributed by atoms with Crippen LogP contribution in [-0.2, 0) is 23.9 Å². The zero-order chi connectivity index (χ0) is 71.5. The lowest BCUT2D eigenvalue weighted by atomic mass is 9.75. The third-order valence-electron chi connectivity index (χ3n) is 16.5. The number of alkyl halides is 2. The van der Waals surface area contributed by atoms with Crippen LogP contribution in [0.5, 0.6) is 0 Å². The van der Waals surface area contributed by atoms with Gasteiger partial charge in [-0.05, 0) is 176 Å². The second-order valence-electron chi connectivity index (χ2n) is 24.5. The van der Waals surface area contributed by atoms with Crippen molar-refractivity contribution >= 4 is 170 Å². The van der Waals surface area contributed by atoms with Crippen LogP contribution in [0.15, 0.2) is 133 Å². The molecule has 2 amide bonds. The molecule has 1 heterocycles. The molecule has 102 heavy (non-hydrogen) atoms. The van der Waals surface area contributed by atoms with Gasteiger partial charge in [-0.15, -0.1) is 72.8 Å². The van der Waals surface area contributed by atoms with Gasteiger partial charge in [-0.1, -0.05) is 191 Å². The minimum atomic E-state index is -0.816. The summed E-state index contributed by atoms with van der Waals surface area (Å²) in [6.45, 7) is 14.5. The van der Waals surface area contributed by atoms with Crippen LogP contribution in [0.1, 0.15) is 214 Å². The summed E-state index contributed by atoms with van der Waals surface area (Å²) >= 11 is 34.3. The molecule has 0 spiro atoms. The first-order valence-corrected chi connectivity index (χ1v) is 34.8. The van der Waals surface area contributed by atoms with Gasteiger partial charge in [0, 0.05) is 53.5 Å². The second kappa shape index (κ2) is 50.9. The number of hydrogen-bond donors (Lipinski definition) is 7. The Bertz CT molecular complexity index is 3480. The lowest BCUT2D eigenvalue weighted by Gasteiger charge is -2.40. The number of aliphatic hydroxyl groups is 2. The van der Waals surface area contributed by atoms with Gasteiger partial charge in [-0.3, -0.25) is 19.2 Å². The lowest BCUT2D eigenvalue weighted by Crippen LogP contribution is -2.53. The van der Waals surface area contributed by atoms with Gasteiger partial charge in [-0.2, -0.15) is 0 Å². The lowest BCUT2D eigenvalue weighted by molar-refractivity contribution is 0.0750. The number of benzene rings is 6. The van der Waals surface area contributed by atoms with Gasteiger partial charge in [0.05, 0.1) is 49.7 Å². The largest absolute Gasteiger partial charge is 0.394 e. The zero-order valence-electron chi connectivity index (χ0n) is 56.8. The minimum Gasteiger partial charge on any atom is -0.394 e. The summed E-state index contributed by atoms with van der Waals surface area (Å²) in [7, 11) is 0. The van der Waals surface area contributed by atoms with Crippen molar-refractivity contribution in [3.8, 4) is 0 Å². The van der Waals surface area contributed by atoms with Crippen molar-refractivity contribution in [2.45, 2.75) is 188 Å². The van der Waals surface area contributed by atoms with Gasteiger partial charge in [0.25, 0.3) is 22.3 Å². The molecule has 27 heteroatoms. The van der Waals surface area contributed by atoms with E-state index in [1.165, 1.54) is 71.5 Å². The number of hydrogen-bond acceptors (Lipinski definition) is 12. The van der Waals surface area contributed by atoms with Crippen LogP contribution >= 0.6 is 133 Å². The molecule has 6 aromatic carbocycles. The Balaban J connectivity index is -0.00000129. The minimum absolute atomic E-state index is 0. The van der Waals surface area contributed by atoms with Crippen molar-refractivity contribution in [3.05, 3.63) is 212 Å². The molecule has 3 aliphatic rings. The molecule has 568 valence electrons. The smallest absolute Gasteiger partial charge is 0.266 e. The Morgan fingerprint density at radius 3 is 1.21 bits per heavy atom. The highest BCUT2D eigenvalue weighted by Crippen LogP contribution is 2.40. The van der Waals surface area contributed by atoms with E-state index < -0.39 is 58.0 Å². The zero-order valence-corrected chi connectivity index (χ0v) is 65.5. The summed E-state index contributed by atoms with van der Waals surface area (Å²) < 4.78 is 54.3. The molecule has 9 N–H and O–H groups in total. The maximum absolute atomic E-state index is 13.7. The van der Waals surface area contributed by atoms with E-state index in [-0.39, 0.29) is 122 Å². The monoisotopic (exact) mass is 1630 g/mol. The van der Waals surface area contributed by atoms with Gasteiger partial charge < -0.3 is 37.6 Å². The van der Waals surface area contributed by atoms with Crippen molar-refractivity contribution in [3.63, 3.8) is 0 Å². The van der Waals surface area contributed by atoms with Gasteiger partial charge in [0.1, 0.15) is 23.3 Å². The molecule has 1 aliphatic heterocycles. The number of halogens is 12. The SMILES string of the molecule is C.C.CC(=S)N1C(=O)c2ccccc2C1=O.CC(=S)N[C@@H](Cc1cc(F)cc(F)c1)[C@H](O)CNC1(c2cccc(C(C)C)c2)CCCCC1.CC(C)c1cccc(C2(NC[C@@H](O)[C@@H](N)Cc3cc(F)cc(F)c3)CCCCC2)c1.CC(N)=S.Cl.Cl.Cl.Cl.ClCCl.O=C(Cl)c1ccccc1C(=O)Cl. The first kappa shape index (κ1) is 102. The number of carbonyl (C=O) groups is 4. The van der Waals surface area contributed by atoms with E-state index in [4.69, 9.17) is 82.3 Å². The maximum atomic E-state index is 13.7. The van der Waals surface area contributed by atoms with Crippen molar-refractivity contribution in [2.75, 3.05) is 18.4 Å². The summed E-state index contributed by atoms with van der Waals surface area (Å²) in [6.07, 6.45) is 9.94. The van der Waals surface area contributed by atoms with Crippen molar-refractivity contribution < 1.29 is 47.0 Å². The number of amides is 2. The quantitative estimate of drug-likeness (QED) is 0.0133. The maximum Gasteiger partial charge on any atom is 0.266 e. The highest BCUT2D eigenvalue weighted by atomic mass is 35.5. The summed E-state index contributed by atoms with van der Waals surface area (Å²) in [5.41, 5.74) is 17.9. The molecule has 0 bridgehead atoms. The predicted molar refractivity (Wildman–Crippen MR) is 435 cm³/mol. The van der Waals surface area contributed by atoms with E-state index in [0.29, 0.717) is 57.2 Å². The van der Waals surface area contributed by atoms with Crippen LogP contribution in [-0.4, -0.2) is 95.1 Å². The number of nitrogens with zero attached hydrogens (tertiary/aromatic N) is 1. The predicted octanol–water partition coefficient (Wildman–Crippen LogP) is 19.3. The molecule has 2 aliphatic carbocycles. The summed E-state index contributed by atoms with van der Waals surface area (Å²) in [6, 6.07) is 36.1. The number of aliphatic hydroxyl groups excluding tert-OH is 2. The molecule has 9 rings (SSSR count). The fraction of sp³-hybridized carbons (Fsp3) is 0.427. The van der Waals surface area contributed by atoms with E-state index in [2.05, 4.69) is 104 Å². The van der Waals surface area contributed by atoms with E-state index in [1.807, 2.05) is 0 Å². The summed E-state index contributed by atoms with van der Waals surface area (Å²) in [5.74, 6) is -2.25. The molecule has 0 radical (unpaired) electrons. The summed E-state index contributed by atoms with van der Waals surface area (Å²) in [5, 5.41) is 31.1. The number of thiocarbonyl (C=S) groups is 3. The van der Waals surface area contributed by atoms with E-state index in [9.17, 15) is 47.0 Å². The van der Waals surface area contributed by atoms with Gasteiger partial charge in [0.2, 0.25) is 0 Å². The third kappa shape index (κ3) is 32.7. The highest BCUT2D eigenvalue weighted by Gasteiger charge is 2.38. The van der Waals surface area contributed by atoms with Crippen molar-refractivity contribution in [1.82, 2.24) is 20.9 Å². The van der Waals surface area contributed by atoms with Crippen LogP contribution in [0.4, 0.5) is 17.6 Å². The van der Waals surface area contributed by atoms with Gasteiger partial charge in [-0.25, -0.2) is 22.5 Å². The van der Waals surface area contributed by atoms with Crippen LogP contribution in [0.25, 0.3) is 0 Å². The molecule has 2 fully saturated rings. The number of rotatable bonds is 19. The van der Waals surface area contributed by atoms with E-state index >= 15 is 0 Å². The third-order valence-corrected chi connectivity index (χ3v) is 17.2. The van der Waals surface area contributed by atoms with Crippen molar-refractivity contribution in [2.24, 2.45) is 11.5 Å². The second-order valence-corrected chi connectivity index (χ2v) is 27.8. The number of fused-ring (bicyclic) bond motifs is 1. The highest BCUT2D eigenvalue weighted by molar-refractivity contribution is 7.80. The normalized spacial score (nSPS) is 14.6. The standard InChI is InChI=1S/C27H36F2N2OS.C25H34F2N2O.C10H7NO2S.C8H4Cl2O2.C2H5NS.CH2Cl2.2CH4.4ClH/c1-18(2)21-8-7-9-22(15-21)27(10-5-4-6-11-27)30-17-26(32)25(31-19(3)33)14-20-12-23(28)16-24(29)13-20;1-17(2)19-7-6-8-20(14-19)25(9-4-3-5-10-25)29-16-24(30)23(28)13-18-11-21(26)15-22(27)12-18;1-6(14)11-9(12)7-4-2-3-5-8(7)10(11)13;9-7(11)5-3-1-2-4-6(5)8(10)12;1-2(3)4;2-1-3;;;;;;/h7-9,12-13,15-16,18,25-26,30,32H,4-6,10-11,14,17H2,1-3H3,(H,31,33);6-8,11-12,14-15,17,23-24,29-30H,3-5,9-10,13,16,28H2,1-2H3;2-5H,1H3;1-4H;1H3,(H2,3,4);1H2;2*1H4;4*1H/t25-,26+;23-,24+;;;;;;;;;;/m00........../s1. The molecule has 12 nitrogen and oxygen atoms in total. The number of carbonyl (C=O) groups excluding carboxylic acids is 4. The molecule has 4 atom stereocenters. The number of nitrogens with two attached hydrogens (primary N) is 2. The van der Waals surface area contributed by atoms with Crippen molar-refractivity contribution in [1.29, 1.82) is 0 Å². The molecule has 0 saturated heterocycles. The van der Waals surface area contributed by atoms with E-state index in [0.717, 1.165) is 68.4 Å². The molecular weight excluding hydrogens is 1540 g/mol. The van der Waals surface area contributed by atoms with Gasteiger partial charge >= 0.3 is 0 Å². The van der Waals surface area contributed by atoms with Crippen LogP contribution < -0.4 is 27.4 Å². The van der Waals surface area contributed by atoms with Crippen LogP contribution in [0.2, 0.25) is 0 Å². The molecule has 6 aromatic rings. The average Bonchev–Trinajstić information content (AvgIpc) is 1.46. The Kier molecular flexibility index (Phi) is 50.7. The number of imide groups is 1. The first-order valence-electron chi connectivity index (χ1n) is 31.7. The Hall–Kier alpha value is -4.49. The van der Waals surface area contributed by atoms with Crippen LogP contribution in [0, 0.1) is 23.3 Å². The summed E-state index contributed by atoms with van der Waals surface area (Å²) in [4.78, 5) is 47.1. The first-order chi connectivity index (χ1) is 45.4. The molecule has 0 unspecified atom stereocenters. The molecule has 0 aromatic heterocycles. The number of nitrogens with one attached hydrogen (secondary N) is 3. The van der Waals surface area contributed by atoms with Crippen LogP contribution in [0.3, 0.4) is 0 Å². The fourth-order valence-corrected chi connectivity index (χ4v) is 12.3. The fourth-order valence-electron chi connectivity index (χ4n) is 11.7. The van der Waals surface area contributed by atoms with Gasteiger partial charge in [0.15, 0.2) is 0 Å². The Labute approximate surface area is 662 Å². The Morgan fingerprint density at radius 1 is 0.549 bits per heavy atom. The van der Waals surface area contributed by atoms with E-state index in [1.54, 1.807) is 57.2 Å². The molecular formula is C75H100Cl8F4N6O6S3. The topological polar surface area (TPSA) is 200 Å². The average molecular weight is 1640 g/mol.